The van der Waals surface area contributed by atoms with Crippen LogP contribution in [0.2, 0.25) is 0 Å². The Labute approximate surface area is 118 Å². The smallest absolute Gasteiger partial charge is 0.418 e. The van der Waals surface area contributed by atoms with Gasteiger partial charge in [0, 0.05) is 0 Å². The molecule has 106 valence electrons. The minimum Gasteiger partial charge on any atom is -0.461 e. The van der Waals surface area contributed by atoms with Gasteiger partial charge in [-0.2, -0.15) is 13.2 Å². The Balaban J connectivity index is 3.45. The molecule has 1 heterocycles. The molecule has 0 spiro atoms. The molecule has 0 aromatic carbocycles. The third kappa shape index (κ3) is 3.74. The monoisotopic (exact) mass is 395 g/mol. The number of aromatic nitrogens is 1. The van der Waals surface area contributed by atoms with Crippen LogP contribution in [0.3, 0.4) is 0 Å². The number of carbonyl (C=O) groups is 1. The lowest BCUT2D eigenvalue weighted by Crippen LogP contribution is -2.19. The number of carbonyl (C=O) groups excluding carboxylic acids is 1. The summed E-state index contributed by atoms with van der Waals surface area (Å²) in [5.74, 6) is -1.30. The molecule has 0 fully saturated rings. The van der Waals surface area contributed by atoms with E-state index in [2.05, 4.69) is 9.72 Å². The first kappa shape index (κ1) is 16.1. The molecule has 0 saturated heterocycles. The Morgan fingerprint density at radius 2 is 2.05 bits per heavy atom. The number of rotatable bonds is 3. The van der Waals surface area contributed by atoms with E-state index in [4.69, 9.17) is 0 Å². The Morgan fingerprint density at radius 1 is 1.47 bits per heavy atom. The van der Waals surface area contributed by atoms with E-state index in [1.165, 1.54) is 29.5 Å². The number of halogens is 6. The van der Waals surface area contributed by atoms with Crippen LogP contribution in [-0.2, 0) is 10.9 Å². The fourth-order valence-electron chi connectivity index (χ4n) is 1.23. The highest BCUT2D eigenvalue weighted by molar-refractivity contribution is 14.1. The minimum absolute atomic E-state index is 0.148. The molecule has 0 aliphatic carbocycles. The van der Waals surface area contributed by atoms with E-state index in [-0.39, 0.29) is 16.4 Å². The van der Waals surface area contributed by atoms with Crippen molar-refractivity contribution < 1.29 is 31.5 Å². The van der Waals surface area contributed by atoms with E-state index in [1.807, 2.05) is 0 Å². The molecule has 0 aliphatic rings. The Hall–Kier alpha value is -1.00. The minimum atomic E-state index is -4.97. The molecule has 0 radical (unpaired) electrons. The lowest BCUT2D eigenvalue weighted by atomic mass is 10.1. The predicted molar refractivity (Wildman–Crippen MR) is 62.9 cm³/mol. The SMILES string of the molecule is CCOC(=O)c1nc(I)c(C(F)F)cc1C(F)(F)F. The standard InChI is InChI=1S/C10H7F5INO2/c1-2-19-9(18)6-5(10(13,14)15)3-4(7(11)12)8(16)17-6/h3,7H,2H2,1H3. The summed E-state index contributed by atoms with van der Waals surface area (Å²) in [4.78, 5) is 14.7. The van der Waals surface area contributed by atoms with Crippen molar-refractivity contribution in [2.75, 3.05) is 6.61 Å². The Bertz CT molecular complexity index is 490. The number of pyridine rings is 1. The van der Waals surface area contributed by atoms with Crippen molar-refractivity contribution in [2.24, 2.45) is 0 Å². The van der Waals surface area contributed by atoms with Gasteiger partial charge in [-0.15, -0.1) is 0 Å². The van der Waals surface area contributed by atoms with Crippen LogP contribution < -0.4 is 0 Å². The third-order valence-corrected chi connectivity index (χ3v) is 2.88. The van der Waals surface area contributed by atoms with Crippen molar-refractivity contribution >= 4 is 28.6 Å². The fraction of sp³-hybridized carbons (Fsp3) is 0.400. The van der Waals surface area contributed by atoms with Crippen molar-refractivity contribution in [3.8, 4) is 0 Å². The van der Waals surface area contributed by atoms with Crippen molar-refractivity contribution in [1.29, 1.82) is 0 Å². The number of hydrogen-bond acceptors (Lipinski definition) is 3. The second-order valence-corrected chi connectivity index (χ2v) is 4.31. The van der Waals surface area contributed by atoms with Crippen LogP contribution >= 0.6 is 22.6 Å². The van der Waals surface area contributed by atoms with E-state index in [0.29, 0.717) is 0 Å². The summed E-state index contributed by atoms with van der Waals surface area (Å²) >= 11 is 1.34. The zero-order chi connectivity index (χ0) is 14.8. The van der Waals surface area contributed by atoms with Crippen LogP contribution in [0.5, 0.6) is 0 Å². The number of esters is 1. The maximum absolute atomic E-state index is 12.7. The van der Waals surface area contributed by atoms with Crippen molar-refractivity contribution in [3.05, 3.63) is 26.6 Å². The molecule has 0 aliphatic heterocycles. The predicted octanol–water partition coefficient (Wildman–Crippen LogP) is 3.82. The van der Waals surface area contributed by atoms with Crippen molar-refractivity contribution in [3.63, 3.8) is 0 Å². The zero-order valence-electron chi connectivity index (χ0n) is 9.39. The lowest BCUT2D eigenvalue weighted by Gasteiger charge is -2.14. The molecule has 0 bridgehead atoms. The summed E-state index contributed by atoms with van der Waals surface area (Å²) in [6, 6.07) is 0.228. The van der Waals surface area contributed by atoms with Gasteiger partial charge in [0.15, 0.2) is 5.69 Å². The van der Waals surface area contributed by atoms with Gasteiger partial charge in [-0.05, 0) is 35.6 Å². The largest absolute Gasteiger partial charge is 0.461 e. The molecule has 0 saturated carbocycles. The molecule has 1 rings (SSSR count). The summed E-state index contributed by atoms with van der Waals surface area (Å²) in [6.07, 6.45) is -8.08. The van der Waals surface area contributed by atoms with E-state index >= 15 is 0 Å². The highest BCUT2D eigenvalue weighted by Gasteiger charge is 2.38. The first-order valence-electron chi connectivity index (χ1n) is 4.91. The molecule has 19 heavy (non-hydrogen) atoms. The van der Waals surface area contributed by atoms with E-state index in [1.54, 1.807) is 0 Å². The second-order valence-electron chi connectivity index (χ2n) is 3.28. The summed E-state index contributed by atoms with van der Waals surface area (Å²) in [6.45, 7) is 1.26. The average Bonchev–Trinajstić information content (AvgIpc) is 2.26. The van der Waals surface area contributed by atoms with Gasteiger partial charge in [-0.1, -0.05) is 0 Å². The van der Waals surface area contributed by atoms with Crippen LogP contribution in [0, 0.1) is 3.70 Å². The average molecular weight is 395 g/mol. The van der Waals surface area contributed by atoms with Gasteiger partial charge in [0.2, 0.25) is 0 Å². The van der Waals surface area contributed by atoms with Gasteiger partial charge in [0.1, 0.15) is 3.70 Å². The summed E-state index contributed by atoms with van der Waals surface area (Å²) in [7, 11) is 0. The van der Waals surface area contributed by atoms with Crippen LogP contribution in [0.15, 0.2) is 6.07 Å². The molecule has 9 heteroatoms. The van der Waals surface area contributed by atoms with Gasteiger partial charge in [0.25, 0.3) is 6.43 Å². The number of alkyl halides is 5. The zero-order valence-corrected chi connectivity index (χ0v) is 11.6. The quantitative estimate of drug-likeness (QED) is 0.338. The van der Waals surface area contributed by atoms with Crippen molar-refractivity contribution in [2.45, 2.75) is 19.5 Å². The molecule has 0 amide bonds. The molecular formula is C10H7F5INO2. The Morgan fingerprint density at radius 3 is 2.47 bits per heavy atom. The fourth-order valence-corrected chi connectivity index (χ4v) is 1.86. The number of nitrogens with zero attached hydrogens (tertiary/aromatic N) is 1. The number of ether oxygens (including phenoxy) is 1. The van der Waals surface area contributed by atoms with E-state index in [0.717, 1.165) is 0 Å². The maximum atomic E-state index is 12.7. The van der Waals surface area contributed by atoms with Gasteiger partial charge in [0.05, 0.1) is 17.7 Å². The van der Waals surface area contributed by atoms with E-state index < -0.39 is 35.4 Å². The first-order chi connectivity index (χ1) is 8.68. The van der Waals surface area contributed by atoms with Gasteiger partial charge in [-0.25, -0.2) is 18.6 Å². The summed E-state index contributed by atoms with van der Waals surface area (Å²) in [5.41, 5.74) is -3.41. The summed E-state index contributed by atoms with van der Waals surface area (Å²) < 4.78 is 67.3. The first-order valence-corrected chi connectivity index (χ1v) is 5.99. The molecular weight excluding hydrogens is 388 g/mol. The van der Waals surface area contributed by atoms with E-state index in [9.17, 15) is 26.7 Å². The normalized spacial score (nSPS) is 11.8. The highest BCUT2D eigenvalue weighted by atomic mass is 127. The Kier molecular flexibility index (Phi) is 5.04. The maximum Gasteiger partial charge on any atom is 0.418 e. The molecule has 1 aromatic heterocycles. The molecule has 1 aromatic rings. The molecule has 0 atom stereocenters. The van der Waals surface area contributed by atoms with Gasteiger partial charge in [-0.3, -0.25) is 0 Å². The van der Waals surface area contributed by atoms with Crippen LogP contribution in [0.1, 0.15) is 35.0 Å². The number of hydrogen-bond donors (Lipinski definition) is 0. The molecule has 3 nitrogen and oxygen atoms in total. The van der Waals surface area contributed by atoms with Crippen LogP contribution in [-0.4, -0.2) is 17.6 Å². The summed E-state index contributed by atoms with van der Waals surface area (Å²) in [5, 5.41) is 0. The highest BCUT2D eigenvalue weighted by Crippen LogP contribution is 2.35. The van der Waals surface area contributed by atoms with Crippen molar-refractivity contribution in [1.82, 2.24) is 4.98 Å². The van der Waals surface area contributed by atoms with Crippen LogP contribution in [0.25, 0.3) is 0 Å². The lowest BCUT2D eigenvalue weighted by molar-refractivity contribution is -0.138. The third-order valence-electron chi connectivity index (χ3n) is 2.01. The second kappa shape index (κ2) is 5.97. The molecule has 0 unspecified atom stereocenters. The van der Waals surface area contributed by atoms with Gasteiger partial charge >= 0.3 is 12.1 Å². The molecule has 0 N–H and O–H groups in total. The topological polar surface area (TPSA) is 39.2 Å². The van der Waals surface area contributed by atoms with Crippen LogP contribution in [0.4, 0.5) is 22.0 Å². The van der Waals surface area contributed by atoms with Gasteiger partial charge < -0.3 is 4.74 Å².